The van der Waals surface area contributed by atoms with Crippen molar-refractivity contribution in [2.75, 3.05) is 18.4 Å². The van der Waals surface area contributed by atoms with Crippen LogP contribution in [0.25, 0.3) is 0 Å². The number of nitrogens with zero attached hydrogens (tertiary/aromatic N) is 3. The molecule has 0 aromatic carbocycles. The first-order chi connectivity index (χ1) is 10.7. The van der Waals surface area contributed by atoms with Crippen molar-refractivity contribution < 1.29 is 9.59 Å². The van der Waals surface area contributed by atoms with Crippen LogP contribution in [0.5, 0.6) is 0 Å². The number of carbonyl (C=O) groups is 2. The molecule has 0 radical (unpaired) electrons. The van der Waals surface area contributed by atoms with E-state index >= 15 is 0 Å². The van der Waals surface area contributed by atoms with Gasteiger partial charge in [0.05, 0.1) is 0 Å². The summed E-state index contributed by atoms with van der Waals surface area (Å²) >= 11 is 1.40. The van der Waals surface area contributed by atoms with Gasteiger partial charge < -0.3 is 10.2 Å². The van der Waals surface area contributed by atoms with Gasteiger partial charge in [-0.2, -0.15) is 0 Å². The minimum atomic E-state index is -0.0725. The summed E-state index contributed by atoms with van der Waals surface area (Å²) in [5.74, 6) is -0.157. The first kappa shape index (κ1) is 14.6. The van der Waals surface area contributed by atoms with Crippen LogP contribution in [-0.4, -0.2) is 39.8 Å². The number of hydrogen-bond donors (Lipinski definition) is 1. The molecule has 7 heteroatoms. The molecule has 2 aromatic heterocycles. The highest BCUT2D eigenvalue weighted by atomic mass is 32.1. The summed E-state index contributed by atoms with van der Waals surface area (Å²) in [4.78, 5) is 34.3. The summed E-state index contributed by atoms with van der Waals surface area (Å²) < 4.78 is 0. The summed E-state index contributed by atoms with van der Waals surface area (Å²) in [6.07, 6.45) is 4.60. The number of piperidine rings is 1. The van der Waals surface area contributed by atoms with E-state index < -0.39 is 0 Å². The Kier molecular flexibility index (Phi) is 4.43. The Balaban J connectivity index is 1.54. The van der Waals surface area contributed by atoms with Gasteiger partial charge in [-0.25, -0.2) is 4.98 Å². The van der Waals surface area contributed by atoms with Crippen molar-refractivity contribution in [3.05, 3.63) is 41.7 Å². The molecule has 1 aliphatic heterocycles. The third kappa shape index (κ3) is 3.30. The van der Waals surface area contributed by atoms with Crippen molar-refractivity contribution in [2.24, 2.45) is 5.92 Å². The van der Waals surface area contributed by atoms with Gasteiger partial charge >= 0.3 is 0 Å². The smallest absolute Gasteiger partial charge is 0.272 e. The van der Waals surface area contributed by atoms with Crippen LogP contribution >= 0.6 is 11.3 Å². The molecule has 0 spiro atoms. The van der Waals surface area contributed by atoms with Gasteiger partial charge in [-0.1, -0.05) is 6.07 Å². The molecular formula is C15H16N4O2S. The fraction of sp³-hybridized carbons (Fsp3) is 0.333. The fourth-order valence-corrected chi connectivity index (χ4v) is 3.02. The molecule has 3 heterocycles. The number of thiazole rings is 1. The molecule has 6 nitrogen and oxygen atoms in total. The third-order valence-electron chi connectivity index (χ3n) is 3.70. The van der Waals surface area contributed by atoms with Crippen LogP contribution in [0.15, 0.2) is 36.0 Å². The largest absolute Gasteiger partial charge is 0.337 e. The Morgan fingerprint density at radius 1 is 1.18 bits per heavy atom. The molecule has 0 aliphatic carbocycles. The van der Waals surface area contributed by atoms with Crippen LogP contribution < -0.4 is 5.32 Å². The molecular weight excluding hydrogens is 300 g/mol. The summed E-state index contributed by atoms with van der Waals surface area (Å²) in [5.41, 5.74) is 0.452. The SMILES string of the molecule is O=C(Nc1nccs1)C1CCN(C(=O)c2ccccn2)CC1. The second-order valence-electron chi connectivity index (χ2n) is 5.11. The molecule has 0 unspecified atom stereocenters. The van der Waals surface area contributed by atoms with Crippen LogP contribution in [0.1, 0.15) is 23.3 Å². The van der Waals surface area contributed by atoms with Gasteiger partial charge in [-0.15, -0.1) is 11.3 Å². The molecule has 114 valence electrons. The number of pyridine rings is 1. The van der Waals surface area contributed by atoms with Gasteiger partial charge in [-0.3, -0.25) is 14.6 Å². The Morgan fingerprint density at radius 2 is 2.00 bits per heavy atom. The first-order valence-corrected chi connectivity index (χ1v) is 8.02. The monoisotopic (exact) mass is 316 g/mol. The van der Waals surface area contributed by atoms with Gasteiger partial charge in [0.15, 0.2) is 5.13 Å². The lowest BCUT2D eigenvalue weighted by atomic mass is 9.96. The van der Waals surface area contributed by atoms with Gasteiger partial charge in [-0.05, 0) is 25.0 Å². The molecule has 1 saturated heterocycles. The van der Waals surface area contributed by atoms with Crippen LogP contribution in [0.2, 0.25) is 0 Å². The molecule has 1 aliphatic rings. The maximum Gasteiger partial charge on any atom is 0.272 e. The first-order valence-electron chi connectivity index (χ1n) is 7.14. The number of anilines is 1. The molecule has 1 N–H and O–H groups in total. The second-order valence-corrected chi connectivity index (χ2v) is 6.00. The summed E-state index contributed by atoms with van der Waals surface area (Å²) in [6, 6.07) is 5.30. The molecule has 1 fully saturated rings. The van der Waals surface area contributed by atoms with Crippen LogP contribution in [0.4, 0.5) is 5.13 Å². The highest BCUT2D eigenvalue weighted by Gasteiger charge is 2.28. The van der Waals surface area contributed by atoms with Crippen molar-refractivity contribution in [1.29, 1.82) is 0 Å². The predicted molar refractivity (Wildman–Crippen MR) is 83.6 cm³/mol. The number of aromatic nitrogens is 2. The number of likely N-dealkylation sites (tertiary alicyclic amines) is 1. The van der Waals surface area contributed by atoms with Crippen molar-refractivity contribution in [1.82, 2.24) is 14.9 Å². The quantitative estimate of drug-likeness (QED) is 0.940. The second kappa shape index (κ2) is 6.65. The molecule has 0 atom stereocenters. The zero-order valence-corrected chi connectivity index (χ0v) is 12.8. The van der Waals surface area contributed by atoms with Crippen LogP contribution in [-0.2, 0) is 4.79 Å². The summed E-state index contributed by atoms with van der Waals surface area (Å²) in [6.45, 7) is 1.15. The summed E-state index contributed by atoms with van der Waals surface area (Å²) in [7, 11) is 0. The highest BCUT2D eigenvalue weighted by Crippen LogP contribution is 2.21. The van der Waals surface area contributed by atoms with E-state index in [0.29, 0.717) is 36.8 Å². The minimum absolute atomic E-state index is 0.0140. The zero-order valence-electron chi connectivity index (χ0n) is 11.9. The normalized spacial score (nSPS) is 15.5. The Labute approximate surface area is 132 Å². The van der Waals surface area contributed by atoms with E-state index in [1.165, 1.54) is 11.3 Å². The van der Waals surface area contributed by atoms with E-state index in [0.717, 1.165) is 0 Å². The zero-order chi connectivity index (χ0) is 15.4. The lowest BCUT2D eigenvalue weighted by molar-refractivity contribution is -0.121. The van der Waals surface area contributed by atoms with E-state index in [1.807, 2.05) is 5.38 Å². The van der Waals surface area contributed by atoms with Crippen molar-refractivity contribution in [3.63, 3.8) is 0 Å². The van der Waals surface area contributed by atoms with Gasteiger partial charge in [0.25, 0.3) is 5.91 Å². The van der Waals surface area contributed by atoms with Crippen molar-refractivity contribution in [2.45, 2.75) is 12.8 Å². The Hall–Kier alpha value is -2.28. The number of amides is 2. The molecule has 0 saturated carbocycles. The van der Waals surface area contributed by atoms with E-state index in [1.54, 1.807) is 35.5 Å². The predicted octanol–water partition coefficient (Wildman–Crippen LogP) is 2.03. The van der Waals surface area contributed by atoms with Crippen LogP contribution in [0.3, 0.4) is 0 Å². The van der Waals surface area contributed by atoms with Crippen LogP contribution in [0, 0.1) is 5.92 Å². The van der Waals surface area contributed by atoms with Crippen molar-refractivity contribution >= 4 is 28.3 Å². The molecule has 0 bridgehead atoms. The Bertz CT molecular complexity index is 637. The maximum absolute atomic E-state index is 12.3. The molecule has 2 aromatic rings. The number of carbonyl (C=O) groups excluding carboxylic acids is 2. The molecule has 22 heavy (non-hydrogen) atoms. The standard InChI is InChI=1S/C15H16N4O2S/c20-13(18-15-17-7-10-22-15)11-4-8-19(9-5-11)14(21)12-3-1-2-6-16-12/h1-3,6-7,10-11H,4-5,8-9H2,(H,17,18,20). The lowest BCUT2D eigenvalue weighted by Crippen LogP contribution is -2.41. The van der Waals surface area contributed by atoms with Gasteiger partial charge in [0, 0.05) is 36.8 Å². The Morgan fingerprint density at radius 3 is 2.64 bits per heavy atom. The van der Waals surface area contributed by atoms with E-state index in [9.17, 15) is 9.59 Å². The number of hydrogen-bond acceptors (Lipinski definition) is 5. The topological polar surface area (TPSA) is 75.2 Å². The fourth-order valence-electron chi connectivity index (χ4n) is 2.49. The lowest BCUT2D eigenvalue weighted by Gasteiger charge is -2.30. The maximum atomic E-state index is 12.3. The van der Waals surface area contributed by atoms with E-state index in [4.69, 9.17) is 0 Å². The third-order valence-corrected chi connectivity index (χ3v) is 4.39. The minimum Gasteiger partial charge on any atom is -0.337 e. The van der Waals surface area contributed by atoms with E-state index in [-0.39, 0.29) is 17.7 Å². The number of nitrogens with one attached hydrogen (secondary N) is 1. The van der Waals surface area contributed by atoms with Gasteiger partial charge in [0.1, 0.15) is 5.69 Å². The summed E-state index contributed by atoms with van der Waals surface area (Å²) in [5, 5.41) is 5.27. The van der Waals surface area contributed by atoms with E-state index in [2.05, 4.69) is 15.3 Å². The highest BCUT2D eigenvalue weighted by molar-refractivity contribution is 7.13. The number of rotatable bonds is 3. The van der Waals surface area contributed by atoms with Gasteiger partial charge in [0.2, 0.25) is 5.91 Å². The molecule has 3 rings (SSSR count). The van der Waals surface area contributed by atoms with Crippen molar-refractivity contribution in [3.8, 4) is 0 Å². The molecule has 2 amide bonds. The average molecular weight is 316 g/mol. The average Bonchev–Trinajstić information content (AvgIpc) is 3.08.